The number of rotatable bonds is 3. The molecule has 0 bridgehead atoms. The van der Waals surface area contributed by atoms with Crippen LogP contribution < -0.4 is 10.6 Å². The molecule has 3 amide bonds. The molecule has 1 aliphatic heterocycles. The predicted molar refractivity (Wildman–Crippen MR) is 107 cm³/mol. The number of anilines is 2. The summed E-state index contributed by atoms with van der Waals surface area (Å²) in [5, 5.41) is 5.38. The van der Waals surface area contributed by atoms with Gasteiger partial charge < -0.3 is 15.5 Å². The second-order valence-electron chi connectivity index (χ2n) is 6.30. The topological polar surface area (TPSA) is 61.4 Å². The average Bonchev–Trinajstić information content (AvgIpc) is 2.67. The maximum absolute atomic E-state index is 13.6. The fourth-order valence-corrected chi connectivity index (χ4v) is 3.25. The van der Waals surface area contributed by atoms with Crippen molar-refractivity contribution in [1.82, 2.24) is 4.90 Å². The lowest BCUT2D eigenvalue weighted by Crippen LogP contribution is -2.43. The molecule has 0 aromatic heterocycles. The van der Waals surface area contributed by atoms with Crippen molar-refractivity contribution in [2.75, 3.05) is 23.7 Å². The Morgan fingerprint density at radius 2 is 1.56 bits per heavy atom. The maximum Gasteiger partial charge on any atom is 0.321 e. The molecule has 2 aromatic carbocycles. The fourth-order valence-electron chi connectivity index (χ4n) is 2.94. The van der Waals surface area contributed by atoms with Gasteiger partial charge in [0, 0.05) is 30.4 Å². The molecule has 1 fully saturated rings. The molecule has 5 nitrogen and oxygen atoms in total. The number of nitrogens with one attached hydrogen (secondary N) is 2. The minimum Gasteiger partial charge on any atom is -0.326 e. The number of nitrogens with zero attached hydrogens (tertiary/aromatic N) is 1. The van der Waals surface area contributed by atoms with Gasteiger partial charge in [-0.1, -0.05) is 18.2 Å². The summed E-state index contributed by atoms with van der Waals surface area (Å²) in [6, 6.07) is 11.1. The third-order valence-corrected chi connectivity index (χ3v) is 5.46. The van der Waals surface area contributed by atoms with E-state index in [0.29, 0.717) is 31.6 Å². The van der Waals surface area contributed by atoms with Gasteiger partial charge in [0.25, 0.3) is 0 Å². The number of likely N-dealkylation sites (tertiary alicyclic amines) is 1. The molecule has 1 saturated heterocycles. The van der Waals surface area contributed by atoms with Crippen molar-refractivity contribution < 1.29 is 18.4 Å². The largest absolute Gasteiger partial charge is 0.326 e. The van der Waals surface area contributed by atoms with Gasteiger partial charge in [-0.2, -0.15) is 0 Å². The molecule has 0 radical (unpaired) electrons. The minimum absolute atomic E-state index is 0.0969. The number of urea groups is 1. The molecule has 0 unspecified atom stereocenters. The number of carbonyl (C=O) groups is 2. The maximum atomic E-state index is 13.6. The Balaban J connectivity index is 1.52. The SMILES string of the molecule is O=C(Nc1cc(F)c(I)c(F)c1)C1CCN(C(=O)Nc2ccccc2)CC1. The first kappa shape index (κ1) is 19.5. The van der Waals surface area contributed by atoms with Crippen molar-refractivity contribution in [2.24, 2.45) is 5.92 Å². The van der Waals surface area contributed by atoms with Crippen LogP contribution in [-0.2, 0) is 4.79 Å². The normalized spacial score (nSPS) is 14.7. The third-order valence-electron chi connectivity index (χ3n) is 4.43. The second kappa shape index (κ2) is 8.64. The smallest absolute Gasteiger partial charge is 0.321 e. The number of piperidine rings is 1. The number of amides is 3. The zero-order valence-electron chi connectivity index (χ0n) is 14.3. The van der Waals surface area contributed by atoms with Crippen LogP contribution in [0.5, 0.6) is 0 Å². The Bertz CT molecular complexity index is 817. The van der Waals surface area contributed by atoms with E-state index in [4.69, 9.17) is 0 Å². The zero-order chi connectivity index (χ0) is 19.4. The van der Waals surface area contributed by atoms with Crippen LogP contribution >= 0.6 is 22.6 Å². The van der Waals surface area contributed by atoms with E-state index >= 15 is 0 Å². The summed E-state index contributed by atoms with van der Waals surface area (Å²) >= 11 is 1.57. The van der Waals surface area contributed by atoms with Crippen molar-refractivity contribution in [3.8, 4) is 0 Å². The molecule has 142 valence electrons. The Morgan fingerprint density at radius 3 is 2.15 bits per heavy atom. The number of benzene rings is 2. The molecular formula is C19H18F2IN3O2. The number of halogens is 3. The number of para-hydroxylation sites is 1. The van der Waals surface area contributed by atoms with E-state index < -0.39 is 11.6 Å². The molecule has 0 atom stereocenters. The van der Waals surface area contributed by atoms with Gasteiger partial charge in [0.15, 0.2) is 0 Å². The van der Waals surface area contributed by atoms with Crippen LogP contribution in [0.15, 0.2) is 42.5 Å². The molecule has 1 heterocycles. The van der Waals surface area contributed by atoms with Crippen LogP contribution in [0, 0.1) is 21.1 Å². The molecule has 1 aliphatic rings. The lowest BCUT2D eigenvalue weighted by Gasteiger charge is -2.31. The first-order chi connectivity index (χ1) is 12.9. The highest BCUT2D eigenvalue weighted by molar-refractivity contribution is 14.1. The molecule has 3 rings (SSSR count). The summed E-state index contributed by atoms with van der Waals surface area (Å²) < 4.78 is 27.1. The highest BCUT2D eigenvalue weighted by Gasteiger charge is 2.27. The van der Waals surface area contributed by atoms with Crippen LogP contribution in [-0.4, -0.2) is 29.9 Å². The molecule has 2 N–H and O–H groups in total. The minimum atomic E-state index is -0.710. The molecule has 8 heteroatoms. The standard InChI is InChI=1S/C19H18F2IN3O2/c20-15-10-14(11-16(21)17(15)22)23-18(26)12-6-8-25(9-7-12)19(27)24-13-4-2-1-3-5-13/h1-5,10-12H,6-9H2,(H,23,26)(H,24,27). The van der Waals surface area contributed by atoms with Crippen molar-refractivity contribution in [1.29, 1.82) is 0 Å². The second-order valence-corrected chi connectivity index (χ2v) is 7.38. The van der Waals surface area contributed by atoms with Gasteiger partial charge in [0.1, 0.15) is 11.6 Å². The van der Waals surface area contributed by atoms with Gasteiger partial charge in [-0.3, -0.25) is 4.79 Å². The predicted octanol–water partition coefficient (Wildman–Crippen LogP) is 4.45. The average molecular weight is 485 g/mol. The fraction of sp³-hybridized carbons (Fsp3) is 0.263. The Kier molecular flexibility index (Phi) is 6.25. The molecule has 27 heavy (non-hydrogen) atoms. The van der Waals surface area contributed by atoms with E-state index in [1.165, 1.54) is 0 Å². The van der Waals surface area contributed by atoms with E-state index in [9.17, 15) is 18.4 Å². The van der Waals surface area contributed by atoms with Gasteiger partial charge in [-0.25, -0.2) is 13.6 Å². The molecule has 0 spiro atoms. The number of hydrogen-bond acceptors (Lipinski definition) is 2. The molecule has 0 saturated carbocycles. The van der Waals surface area contributed by atoms with Crippen LogP contribution in [0.2, 0.25) is 0 Å². The summed E-state index contributed by atoms with van der Waals surface area (Å²) in [6.07, 6.45) is 0.979. The summed E-state index contributed by atoms with van der Waals surface area (Å²) in [6.45, 7) is 0.873. The van der Waals surface area contributed by atoms with E-state index in [-0.39, 0.29) is 27.1 Å². The van der Waals surface area contributed by atoms with Crippen LogP contribution in [0.3, 0.4) is 0 Å². The Hall–Kier alpha value is -2.23. The highest BCUT2D eigenvalue weighted by atomic mass is 127. The van der Waals surface area contributed by atoms with Crippen LogP contribution in [0.1, 0.15) is 12.8 Å². The van der Waals surface area contributed by atoms with Gasteiger partial charge in [-0.15, -0.1) is 0 Å². The van der Waals surface area contributed by atoms with E-state index in [2.05, 4.69) is 10.6 Å². The third kappa shape index (κ3) is 4.94. The van der Waals surface area contributed by atoms with Crippen molar-refractivity contribution in [2.45, 2.75) is 12.8 Å². The highest BCUT2D eigenvalue weighted by Crippen LogP contribution is 2.23. The Morgan fingerprint density at radius 1 is 0.963 bits per heavy atom. The number of carbonyl (C=O) groups excluding carboxylic acids is 2. The number of hydrogen-bond donors (Lipinski definition) is 2. The first-order valence-corrected chi connectivity index (χ1v) is 9.58. The van der Waals surface area contributed by atoms with Crippen molar-refractivity contribution >= 4 is 45.9 Å². The van der Waals surface area contributed by atoms with Crippen LogP contribution in [0.25, 0.3) is 0 Å². The molecular weight excluding hydrogens is 467 g/mol. The monoisotopic (exact) mass is 485 g/mol. The molecule has 0 aliphatic carbocycles. The van der Waals surface area contributed by atoms with Gasteiger partial charge in [-0.05, 0) is 59.7 Å². The lowest BCUT2D eigenvalue weighted by atomic mass is 9.96. The van der Waals surface area contributed by atoms with Gasteiger partial charge in [0.05, 0.1) is 3.57 Å². The summed E-state index contributed by atoms with van der Waals surface area (Å²) in [5.74, 6) is -2.02. The first-order valence-electron chi connectivity index (χ1n) is 8.50. The Labute approximate surface area is 169 Å². The van der Waals surface area contributed by atoms with Gasteiger partial charge >= 0.3 is 6.03 Å². The van der Waals surface area contributed by atoms with Gasteiger partial charge in [0.2, 0.25) is 5.91 Å². The van der Waals surface area contributed by atoms with Crippen LogP contribution in [0.4, 0.5) is 25.0 Å². The van der Waals surface area contributed by atoms with Crippen molar-refractivity contribution in [3.63, 3.8) is 0 Å². The van der Waals surface area contributed by atoms with E-state index in [1.54, 1.807) is 39.6 Å². The lowest BCUT2D eigenvalue weighted by molar-refractivity contribution is -0.121. The van der Waals surface area contributed by atoms with Crippen molar-refractivity contribution in [3.05, 3.63) is 57.7 Å². The summed E-state index contributed by atoms with van der Waals surface area (Å²) in [7, 11) is 0. The molecule has 2 aromatic rings. The summed E-state index contributed by atoms with van der Waals surface area (Å²) in [4.78, 5) is 26.3. The van der Waals surface area contributed by atoms with E-state index in [1.807, 2.05) is 18.2 Å². The zero-order valence-corrected chi connectivity index (χ0v) is 16.5. The quantitative estimate of drug-likeness (QED) is 0.499. The van der Waals surface area contributed by atoms with E-state index in [0.717, 1.165) is 12.1 Å². The summed E-state index contributed by atoms with van der Waals surface area (Å²) in [5.41, 5.74) is 0.810.